The Morgan fingerprint density at radius 2 is 1.73 bits per heavy atom. The third-order valence-electron chi connectivity index (χ3n) is 5.84. The van der Waals surface area contributed by atoms with Gasteiger partial charge >= 0.3 is 0 Å². The molecule has 0 radical (unpaired) electrons. The van der Waals surface area contributed by atoms with Crippen LogP contribution in [0.4, 0.5) is 5.69 Å². The first-order valence-electron chi connectivity index (χ1n) is 10.0. The molecule has 1 aliphatic rings. The van der Waals surface area contributed by atoms with Crippen molar-refractivity contribution in [1.82, 2.24) is 19.7 Å². The largest absolute Gasteiger partial charge is 0.378 e. The Bertz CT molecular complexity index is 1210. The lowest BCUT2D eigenvalue weighted by Gasteiger charge is -2.29. The van der Waals surface area contributed by atoms with Gasteiger partial charge in [0.05, 0.1) is 23.3 Å². The van der Waals surface area contributed by atoms with E-state index in [-0.39, 0.29) is 5.41 Å². The Morgan fingerprint density at radius 1 is 1.03 bits per heavy atom. The molecule has 0 aliphatic heterocycles. The summed E-state index contributed by atoms with van der Waals surface area (Å²) < 4.78 is 2.01. The molecule has 0 amide bonds. The number of H-pyrrole nitrogens is 1. The van der Waals surface area contributed by atoms with Crippen molar-refractivity contribution in [2.24, 2.45) is 0 Å². The molecule has 1 aliphatic carbocycles. The zero-order chi connectivity index (χ0) is 21.0. The molecule has 30 heavy (non-hydrogen) atoms. The molecule has 5 nitrogen and oxygen atoms in total. The molecule has 0 bridgehead atoms. The minimum Gasteiger partial charge on any atom is -0.378 e. The Labute approximate surface area is 181 Å². The van der Waals surface area contributed by atoms with E-state index in [1.165, 1.54) is 11.4 Å². The van der Waals surface area contributed by atoms with Crippen LogP contribution in [0.5, 0.6) is 0 Å². The number of halogens is 1. The fraction of sp³-hybridized carbons (Fsp3) is 0.250. The van der Waals surface area contributed by atoms with Crippen molar-refractivity contribution in [3.63, 3.8) is 0 Å². The molecule has 2 aromatic carbocycles. The average Bonchev–Trinajstić information content (AvgIpc) is 3.33. The van der Waals surface area contributed by atoms with Gasteiger partial charge in [-0.25, -0.2) is 9.67 Å². The molecular weight excluding hydrogens is 394 g/mol. The van der Waals surface area contributed by atoms with Crippen molar-refractivity contribution < 1.29 is 0 Å². The van der Waals surface area contributed by atoms with E-state index in [4.69, 9.17) is 16.6 Å². The quantitative estimate of drug-likeness (QED) is 0.480. The Hall–Kier alpha value is -3.05. The number of rotatable bonds is 3. The maximum atomic E-state index is 6.07. The van der Waals surface area contributed by atoms with Gasteiger partial charge in [-0.3, -0.25) is 0 Å². The lowest BCUT2D eigenvalue weighted by Crippen LogP contribution is -2.27. The number of nitrogens with one attached hydrogen (secondary N) is 1. The van der Waals surface area contributed by atoms with Crippen molar-refractivity contribution in [3.8, 4) is 28.3 Å². The molecule has 2 heterocycles. The molecule has 0 spiro atoms. The van der Waals surface area contributed by atoms with E-state index in [1.807, 2.05) is 49.2 Å². The van der Waals surface area contributed by atoms with E-state index in [2.05, 4.69) is 53.1 Å². The summed E-state index contributed by atoms with van der Waals surface area (Å²) in [6.45, 7) is 4.51. The molecule has 6 heteroatoms. The van der Waals surface area contributed by atoms with Crippen LogP contribution in [-0.4, -0.2) is 33.8 Å². The van der Waals surface area contributed by atoms with Crippen molar-refractivity contribution in [2.75, 3.05) is 19.0 Å². The van der Waals surface area contributed by atoms with Gasteiger partial charge in [0.15, 0.2) is 0 Å². The van der Waals surface area contributed by atoms with E-state index in [1.54, 1.807) is 0 Å². The molecule has 0 fully saturated rings. The number of hydrogen-bond donors (Lipinski definition) is 1. The van der Waals surface area contributed by atoms with Crippen LogP contribution >= 0.6 is 11.6 Å². The molecular formula is C24H24ClN5. The Morgan fingerprint density at radius 3 is 2.40 bits per heavy atom. The van der Waals surface area contributed by atoms with Gasteiger partial charge in [-0.2, -0.15) is 5.10 Å². The second-order valence-corrected chi connectivity index (χ2v) is 9.14. The third kappa shape index (κ3) is 3.01. The molecule has 0 saturated carbocycles. The van der Waals surface area contributed by atoms with Crippen molar-refractivity contribution >= 4 is 17.3 Å². The fourth-order valence-corrected chi connectivity index (χ4v) is 4.29. The smallest absolute Gasteiger partial charge is 0.138 e. The van der Waals surface area contributed by atoms with Gasteiger partial charge in [-0.1, -0.05) is 25.4 Å². The van der Waals surface area contributed by atoms with E-state index < -0.39 is 0 Å². The highest BCUT2D eigenvalue weighted by Crippen LogP contribution is 2.43. The Balaban J connectivity index is 1.61. The van der Waals surface area contributed by atoms with Gasteiger partial charge < -0.3 is 9.88 Å². The van der Waals surface area contributed by atoms with Gasteiger partial charge in [-0.15, -0.1) is 0 Å². The number of nitrogens with zero attached hydrogens (tertiary/aromatic N) is 4. The molecule has 4 aromatic rings. The predicted molar refractivity (Wildman–Crippen MR) is 123 cm³/mol. The zero-order valence-electron chi connectivity index (χ0n) is 17.6. The second-order valence-electron chi connectivity index (χ2n) is 8.70. The molecule has 2 aromatic heterocycles. The lowest BCUT2D eigenvalue weighted by atomic mass is 9.77. The summed E-state index contributed by atoms with van der Waals surface area (Å²) in [5, 5.41) is 5.41. The summed E-state index contributed by atoms with van der Waals surface area (Å²) >= 11 is 6.07. The number of benzene rings is 2. The van der Waals surface area contributed by atoms with Crippen LogP contribution in [-0.2, 0) is 11.8 Å². The molecule has 0 atom stereocenters. The summed E-state index contributed by atoms with van der Waals surface area (Å²) in [4.78, 5) is 10.7. The van der Waals surface area contributed by atoms with Crippen molar-refractivity contribution in [3.05, 3.63) is 71.1 Å². The van der Waals surface area contributed by atoms with E-state index in [0.717, 1.165) is 45.5 Å². The summed E-state index contributed by atoms with van der Waals surface area (Å²) in [5.74, 6) is 0.894. The first kappa shape index (κ1) is 18.9. The lowest BCUT2D eigenvalue weighted by molar-refractivity contribution is 0.489. The summed E-state index contributed by atoms with van der Waals surface area (Å²) in [6, 6.07) is 16.3. The van der Waals surface area contributed by atoms with Crippen molar-refractivity contribution in [1.29, 1.82) is 0 Å². The summed E-state index contributed by atoms with van der Waals surface area (Å²) in [6.07, 6.45) is 2.80. The van der Waals surface area contributed by atoms with Crippen LogP contribution in [0.25, 0.3) is 28.3 Å². The second kappa shape index (κ2) is 6.74. The third-order valence-corrected chi connectivity index (χ3v) is 6.09. The highest BCUT2D eigenvalue weighted by molar-refractivity contribution is 6.30. The van der Waals surface area contributed by atoms with Crippen LogP contribution in [0.1, 0.15) is 25.2 Å². The van der Waals surface area contributed by atoms with E-state index in [9.17, 15) is 0 Å². The minimum atomic E-state index is -0.0820. The number of hydrogen-bond acceptors (Lipinski definition) is 3. The Kier molecular flexibility index (Phi) is 4.26. The number of aromatic amines is 1. The van der Waals surface area contributed by atoms with Crippen LogP contribution in [0.2, 0.25) is 5.02 Å². The van der Waals surface area contributed by atoms with Crippen molar-refractivity contribution in [2.45, 2.75) is 25.7 Å². The first-order chi connectivity index (χ1) is 14.3. The standard InChI is InChI=1S/C24H24ClN5/c1-24(2)13-20-19(14-26-30(20)18-11-7-16(25)8-12-18)21-22(24)28-23(27-21)15-5-9-17(10-6-15)29(3)4/h5-12,14H,13H2,1-4H3,(H,27,28). The maximum absolute atomic E-state index is 6.07. The maximum Gasteiger partial charge on any atom is 0.138 e. The monoisotopic (exact) mass is 417 g/mol. The van der Waals surface area contributed by atoms with E-state index >= 15 is 0 Å². The first-order valence-corrected chi connectivity index (χ1v) is 10.4. The average molecular weight is 418 g/mol. The molecule has 1 N–H and O–H groups in total. The fourth-order valence-electron chi connectivity index (χ4n) is 4.17. The van der Waals surface area contributed by atoms with Gasteiger partial charge in [0.1, 0.15) is 5.82 Å². The van der Waals surface area contributed by atoms with E-state index in [0.29, 0.717) is 0 Å². The van der Waals surface area contributed by atoms with Gasteiger partial charge in [0, 0.05) is 53.5 Å². The van der Waals surface area contributed by atoms with Crippen LogP contribution in [0.3, 0.4) is 0 Å². The van der Waals surface area contributed by atoms with Gasteiger partial charge in [-0.05, 0) is 48.5 Å². The highest BCUT2D eigenvalue weighted by Gasteiger charge is 2.37. The number of fused-ring (bicyclic) bond motifs is 3. The minimum absolute atomic E-state index is 0.0820. The number of aromatic nitrogens is 4. The summed E-state index contributed by atoms with van der Waals surface area (Å²) in [7, 11) is 4.09. The SMILES string of the molecule is CN(C)c1ccc(-c2nc3c([nH]2)C(C)(C)Cc2c-3cnn2-c2ccc(Cl)cc2)cc1. The van der Waals surface area contributed by atoms with Crippen LogP contribution in [0.15, 0.2) is 54.7 Å². The van der Waals surface area contributed by atoms with Gasteiger partial charge in [0.25, 0.3) is 0 Å². The summed E-state index contributed by atoms with van der Waals surface area (Å²) in [5.41, 5.74) is 7.60. The molecule has 152 valence electrons. The number of anilines is 1. The van der Waals surface area contributed by atoms with Crippen LogP contribution in [0, 0.1) is 0 Å². The van der Waals surface area contributed by atoms with Gasteiger partial charge in [0.2, 0.25) is 0 Å². The predicted octanol–water partition coefficient (Wildman–Crippen LogP) is 5.48. The zero-order valence-corrected chi connectivity index (χ0v) is 18.3. The highest BCUT2D eigenvalue weighted by atomic mass is 35.5. The molecule has 5 rings (SSSR count). The molecule has 0 unspecified atom stereocenters. The topological polar surface area (TPSA) is 49.7 Å². The normalized spacial score (nSPS) is 14.3. The number of imidazole rings is 1. The van der Waals surface area contributed by atoms with Crippen LogP contribution < -0.4 is 4.90 Å². The molecule has 0 saturated heterocycles.